The molecule has 108 valence electrons. The summed E-state index contributed by atoms with van der Waals surface area (Å²) in [5.74, 6) is 5.29. The lowest BCUT2D eigenvalue weighted by molar-refractivity contribution is -0.0370. The fourth-order valence-corrected chi connectivity index (χ4v) is 5.95. The van der Waals surface area contributed by atoms with Gasteiger partial charge in [-0.15, -0.1) is 0 Å². The van der Waals surface area contributed by atoms with Crippen molar-refractivity contribution in [1.29, 1.82) is 0 Å². The van der Waals surface area contributed by atoms with E-state index in [1.807, 2.05) is 0 Å². The molecule has 0 saturated heterocycles. The number of hydrogen-bond acceptors (Lipinski definition) is 2. The van der Waals surface area contributed by atoms with Gasteiger partial charge in [0.05, 0.1) is 6.10 Å². The Morgan fingerprint density at radius 1 is 0.789 bits per heavy atom. The predicted octanol–water partition coefficient (Wildman–Crippen LogP) is 2.95. The van der Waals surface area contributed by atoms with Crippen molar-refractivity contribution in [2.24, 2.45) is 29.6 Å². The summed E-state index contributed by atoms with van der Waals surface area (Å²) in [4.78, 5) is 0. The minimum Gasteiger partial charge on any atom is -0.393 e. The zero-order chi connectivity index (χ0) is 12.8. The van der Waals surface area contributed by atoms with Crippen LogP contribution in [0.1, 0.15) is 57.8 Å². The summed E-state index contributed by atoms with van der Waals surface area (Å²) in [6, 6.07) is 0.695. The van der Waals surface area contributed by atoms with Crippen LogP contribution >= 0.6 is 0 Å². The summed E-state index contributed by atoms with van der Waals surface area (Å²) in [6.45, 7) is 1.27. The molecule has 5 aliphatic carbocycles. The van der Waals surface area contributed by atoms with E-state index in [-0.39, 0.29) is 6.10 Å². The van der Waals surface area contributed by atoms with E-state index in [0.29, 0.717) is 6.04 Å². The van der Waals surface area contributed by atoms with E-state index >= 15 is 0 Å². The van der Waals surface area contributed by atoms with Gasteiger partial charge in [-0.2, -0.15) is 0 Å². The van der Waals surface area contributed by atoms with Gasteiger partial charge in [0.1, 0.15) is 0 Å². The first-order valence-corrected chi connectivity index (χ1v) is 8.69. The lowest BCUT2D eigenvalue weighted by Crippen LogP contribution is -2.50. The van der Waals surface area contributed by atoms with Gasteiger partial charge in [0, 0.05) is 6.04 Å². The molecule has 0 heterocycles. The van der Waals surface area contributed by atoms with E-state index in [1.165, 1.54) is 19.4 Å². The van der Waals surface area contributed by atoms with E-state index in [4.69, 9.17) is 0 Å². The van der Waals surface area contributed by atoms with E-state index in [1.54, 1.807) is 32.1 Å². The van der Waals surface area contributed by atoms with Gasteiger partial charge in [0.25, 0.3) is 0 Å². The van der Waals surface area contributed by atoms with Crippen LogP contribution in [-0.2, 0) is 0 Å². The molecular weight excluding hydrogens is 234 g/mol. The molecule has 2 nitrogen and oxygen atoms in total. The third kappa shape index (κ3) is 2.47. The van der Waals surface area contributed by atoms with Gasteiger partial charge in [-0.3, -0.25) is 0 Å². The highest BCUT2D eigenvalue weighted by molar-refractivity contribution is 4.98. The number of nitrogens with one attached hydrogen (secondary N) is 1. The van der Waals surface area contributed by atoms with Crippen molar-refractivity contribution in [3.8, 4) is 0 Å². The van der Waals surface area contributed by atoms with Crippen molar-refractivity contribution in [1.82, 2.24) is 5.32 Å². The smallest absolute Gasteiger partial charge is 0.0541 e. The number of aliphatic hydroxyl groups excluding tert-OH is 1. The van der Waals surface area contributed by atoms with E-state index < -0.39 is 0 Å². The van der Waals surface area contributed by atoms with Crippen LogP contribution < -0.4 is 5.32 Å². The number of rotatable bonds is 3. The Morgan fingerprint density at radius 2 is 1.37 bits per heavy atom. The SMILES string of the molecule is OC1CCC(NCC2C3CC4CC(C3)CC2C4)CC1. The molecule has 0 aliphatic heterocycles. The number of hydrogen-bond donors (Lipinski definition) is 2. The summed E-state index contributed by atoms with van der Waals surface area (Å²) >= 11 is 0. The lowest BCUT2D eigenvalue weighted by Gasteiger charge is -2.54. The molecular formula is C17H29NO. The van der Waals surface area contributed by atoms with Crippen LogP contribution in [0.25, 0.3) is 0 Å². The average molecular weight is 263 g/mol. The van der Waals surface area contributed by atoms with E-state index in [9.17, 15) is 5.11 Å². The molecule has 2 heteroatoms. The molecule has 2 N–H and O–H groups in total. The first-order chi connectivity index (χ1) is 9.28. The van der Waals surface area contributed by atoms with E-state index in [0.717, 1.165) is 42.4 Å². The molecule has 0 radical (unpaired) electrons. The highest BCUT2D eigenvalue weighted by atomic mass is 16.3. The molecule has 5 rings (SSSR count). The van der Waals surface area contributed by atoms with Gasteiger partial charge in [0.2, 0.25) is 0 Å². The van der Waals surface area contributed by atoms with Gasteiger partial charge in [-0.05, 0) is 93.9 Å². The Balaban J connectivity index is 1.31. The van der Waals surface area contributed by atoms with Gasteiger partial charge in [-0.1, -0.05) is 0 Å². The monoisotopic (exact) mass is 263 g/mol. The average Bonchev–Trinajstić information content (AvgIpc) is 2.39. The lowest BCUT2D eigenvalue weighted by atomic mass is 9.52. The molecule has 0 spiro atoms. The Hall–Kier alpha value is -0.0800. The summed E-state index contributed by atoms with van der Waals surface area (Å²) in [7, 11) is 0. The second kappa shape index (κ2) is 5.04. The topological polar surface area (TPSA) is 32.3 Å². The Morgan fingerprint density at radius 3 is 1.95 bits per heavy atom. The predicted molar refractivity (Wildman–Crippen MR) is 76.8 cm³/mol. The molecule has 0 atom stereocenters. The molecule has 0 unspecified atom stereocenters. The summed E-state index contributed by atoms with van der Waals surface area (Å²) in [5, 5.41) is 13.4. The minimum absolute atomic E-state index is 0.0146. The maximum atomic E-state index is 9.58. The van der Waals surface area contributed by atoms with Crippen LogP contribution in [0.15, 0.2) is 0 Å². The standard InChI is InChI=1S/C17H29NO/c19-16-3-1-15(2-4-16)18-10-17-13-6-11-5-12(8-13)9-14(17)7-11/h11-19H,1-10H2. The summed E-state index contributed by atoms with van der Waals surface area (Å²) in [5.41, 5.74) is 0. The molecule has 5 saturated carbocycles. The normalized spacial score (nSPS) is 52.6. The zero-order valence-corrected chi connectivity index (χ0v) is 12.1. The molecule has 0 amide bonds. The van der Waals surface area contributed by atoms with Gasteiger partial charge in [-0.25, -0.2) is 0 Å². The van der Waals surface area contributed by atoms with Crippen LogP contribution in [0.4, 0.5) is 0 Å². The molecule has 19 heavy (non-hydrogen) atoms. The van der Waals surface area contributed by atoms with Crippen LogP contribution in [0.3, 0.4) is 0 Å². The van der Waals surface area contributed by atoms with Crippen molar-refractivity contribution in [3.63, 3.8) is 0 Å². The maximum Gasteiger partial charge on any atom is 0.0541 e. The van der Waals surface area contributed by atoms with Crippen molar-refractivity contribution < 1.29 is 5.11 Å². The maximum absolute atomic E-state index is 9.58. The second-order valence-electron chi connectivity index (χ2n) is 8.01. The first-order valence-electron chi connectivity index (χ1n) is 8.69. The number of aliphatic hydroxyl groups is 1. The van der Waals surface area contributed by atoms with Crippen molar-refractivity contribution in [3.05, 3.63) is 0 Å². The summed E-state index contributed by atoms with van der Waals surface area (Å²) in [6.07, 6.45) is 12.1. The highest BCUT2D eigenvalue weighted by Crippen LogP contribution is 2.56. The van der Waals surface area contributed by atoms with Crippen LogP contribution in [0.2, 0.25) is 0 Å². The third-order valence-electron chi connectivity index (χ3n) is 6.76. The van der Waals surface area contributed by atoms with Crippen LogP contribution in [-0.4, -0.2) is 23.8 Å². The molecule has 5 aliphatic rings. The van der Waals surface area contributed by atoms with E-state index in [2.05, 4.69) is 5.32 Å². The quantitative estimate of drug-likeness (QED) is 0.820. The van der Waals surface area contributed by atoms with Crippen LogP contribution in [0, 0.1) is 29.6 Å². The Kier molecular flexibility index (Phi) is 3.35. The second-order valence-corrected chi connectivity index (χ2v) is 8.01. The van der Waals surface area contributed by atoms with Crippen molar-refractivity contribution in [2.45, 2.75) is 69.9 Å². The zero-order valence-electron chi connectivity index (χ0n) is 12.1. The molecule has 0 aromatic carbocycles. The van der Waals surface area contributed by atoms with Gasteiger partial charge >= 0.3 is 0 Å². The largest absolute Gasteiger partial charge is 0.393 e. The first kappa shape index (κ1) is 12.6. The minimum atomic E-state index is -0.0146. The van der Waals surface area contributed by atoms with Crippen LogP contribution in [0.5, 0.6) is 0 Å². The molecule has 0 aromatic heterocycles. The fourth-order valence-electron chi connectivity index (χ4n) is 5.95. The Bertz CT molecular complexity index is 293. The van der Waals surface area contributed by atoms with Gasteiger partial charge in [0.15, 0.2) is 0 Å². The Labute approximate surface area is 117 Å². The summed E-state index contributed by atoms with van der Waals surface area (Å²) < 4.78 is 0. The van der Waals surface area contributed by atoms with Crippen molar-refractivity contribution in [2.75, 3.05) is 6.54 Å². The fraction of sp³-hybridized carbons (Fsp3) is 1.00. The molecule has 4 bridgehead atoms. The van der Waals surface area contributed by atoms with Gasteiger partial charge < -0.3 is 10.4 Å². The third-order valence-corrected chi connectivity index (χ3v) is 6.76. The molecule has 0 aromatic rings. The van der Waals surface area contributed by atoms with Crippen molar-refractivity contribution >= 4 is 0 Å². The highest BCUT2D eigenvalue weighted by Gasteiger charge is 2.47. The molecule has 5 fully saturated rings.